The van der Waals surface area contributed by atoms with Crippen LogP contribution in [0.25, 0.3) is 0 Å². The van der Waals surface area contributed by atoms with Gasteiger partial charge in [-0.2, -0.15) is 0 Å². The van der Waals surface area contributed by atoms with Crippen LogP contribution in [0.15, 0.2) is 0 Å². The Labute approximate surface area is 59.3 Å². The number of cyclic esters (lactones) is 2. The van der Waals surface area contributed by atoms with Crippen LogP contribution in [0.3, 0.4) is 0 Å². The summed E-state index contributed by atoms with van der Waals surface area (Å²) < 4.78 is 9.24. The molecule has 1 unspecified atom stereocenters. The molecule has 54 valence electrons. The van der Waals surface area contributed by atoms with Gasteiger partial charge in [0.2, 0.25) is 0 Å². The maximum Gasteiger partial charge on any atom is 0.509 e. The molecule has 3 nitrogen and oxygen atoms in total. The lowest BCUT2D eigenvalue weighted by atomic mass is 10.0. The van der Waals surface area contributed by atoms with Gasteiger partial charge in [-0.3, -0.25) is 0 Å². The van der Waals surface area contributed by atoms with Gasteiger partial charge in [-0.1, -0.05) is 5.92 Å². The zero-order valence-corrected chi connectivity index (χ0v) is 5.72. The van der Waals surface area contributed by atoms with Gasteiger partial charge in [-0.25, -0.2) is 4.79 Å². The number of terminal acetylenes is 1. The molecule has 0 N–H and O–H groups in total. The maximum absolute atomic E-state index is 10.5. The summed E-state index contributed by atoms with van der Waals surface area (Å²) in [6.45, 7) is 2.03. The number of hydrogen-bond acceptors (Lipinski definition) is 3. The summed E-state index contributed by atoms with van der Waals surface area (Å²) in [6.07, 6.45) is 5.01. The predicted octanol–water partition coefficient (Wildman–Crippen LogP) is 0.935. The lowest BCUT2D eigenvalue weighted by Crippen LogP contribution is -2.36. The molecule has 0 aromatic rings. The van der Waals surface area contributed by atoms with E-state index in [4.69, 9.17) is 11.2 Å². The minimum absolute atomic E-state index is 0.347. The molecule has 0 aromatic heterocycles. The Morgan fingerprint density at radius 2 is 2.50 bits per heavy atom. The van der Waals surface area contributed by atoms with Gasteiger partial charge in [-0.15, -0.1) is 6.42 Å². The summed E-state index contributed by atoms with van der Waals surface area (Å²) in [7, 11) is 0. The van der Waals surface area contributed by atoms with Gasteiger partial charge in [0.25, 0.3) is 0 Å². The van der Waals surface area contributed by atoms with Crippen LogP contribution in [0.5, 0.6) is 0 Å². The normalized spacial score (nSPS) is 31.8. The lowest BCUT2D eigenvalue weighted by Gasteiger charge is -2.27. The number of carbonyl (C=O) groups is 1. The van der Waals surface area contributed by atoms with Crippen LogP contribution >= 0.6 is 0 Å². The first-order chi connectivity index (χ1) is 4.66. The SMILES string of the molecule is C#CC1(C)CCOC(=O)O1. The van der Waals surface area contributed by atoms with Crippen molar-refractivity contribution in [2.75, 3.05) is 6.61 Å². The van der Waals surface area contributed by atoms with E-state index in [1.165, 1.54) is 0 Å². The Morgan fingerprint density at radius 1 is 1.80 bits per heavy atom. The van der Waals surface area contributed by atoms with Crippen molar-refractivity contribution in [2.45, 2.75) is 18.9 Å². The smallest absolute Gasteiger partial charge is 0.434 e. The number of carbonyl (C=O) groups excluding carboxylic acids is 1. The number of hydrogen-bond donors (Lipinski definition) is 0. The summed E-state index contributed by atoms with van der Waals surface area (Å²) in [5, 5.41) is 0. The molecule has 0 aliphatic carbocycles. The largest absolute Gasteiger partial charge is 0.509 e. The molecule has 0 bridgehead atoms. The van der Waals surface area contributed by atoms with E-state index in [0.29, 0.717) is 13.0 Å². The van der Waals surface area contributed by atoms with Crippen molar-refractivity contribution in [2.24, 2.45) is 0 Å². The zero-order valence-electron chi connectivity index (χ0n) is 5.72. The third-order valence-electron chi connectivity index (χ3n) is 1.41. The van der Waals surface area contributed by atoms with Gasteiger partial charge in [0, 0.05) is 6.42 Å². The van der Waals surface area contributed by atoms with Crippen molar-refractivity contribution in [3.63, 3.8) is 0 Å². The molecule has 0 amide bonds. The Kier molecular flexibility index (Phi) is 1.54. The third kappa shape index (κ3) is 1.21. The topological polar surface area (TPSA) is 35.5 Å². The van der Waals surface area contributed by atoms with Crippen LogP contribution < -0.4 is 0 Å². The summed E-state index contributed by atoms with van der Waals surface area (Å²) in [4.78, 5) is 10.5. The van der Waals surface area contributed by atoms with Crippen molar-refractivity contribution in [1.82, 2.24) is 0 Å². The Balaban J connectivity index is 2.64. The molecule has 1 saturated heterocycles. The van der Waals surface area contributed by atoms with Crippen LogP contribution in [-0.2, 0) is 9.47 Å². The van der Waals surface area contributed by atoms with Gasteiger partial charge in [0.15, 0.2) is 5.60 Å². The molecule has 1 rings (SSSR count). The summed E-state index contributed by atoms with van der Waals surface area (Å²) in [6, 6.07) is 0. The lowest BCUT2D eigenvalue weighted by molar-refractivity contribution is -0.0463. The van der Waals surface area contributed by atoms with Gasteiger partial charge in [0.1, 0.15) is 0 Å². The molecular weight excluding hydrogens is 132 g/mol. The first-order valence-corrected chi connectivity index (χ1v) is 3.00. The second kappa shape index (κ2) is 2.22. The average Bonchev–Trinajstić information content (AvgIpc) is 1.88. The van der Waals surface area contributed by atoms with Crippen LogP contribution in [0, 0.1) is 12.3 Å². The number of rotatable bonds is 0. The Bertz CT molecular complexity index is 192. The zero-order chi connectivity index (χ0) is 7.61. The van der Waals surface area contributed by atoms with E-state index in [2.05, 4.69) is 10.7 Å². The summed E-state index contributed by atoms with van der Waals surface area (Å²) >= 11 is 0. The third-order valence-corrected chi connectivity index (χ3v) is 1.41. The molecule has 0 saturated carbocycles. The quantitative estimate of drug-likeness (QED) is 0.371. The van der Waals surface area contributed by atoms with Crippen molar-refractivity contribution in [3.05, 3.63) is 0 Å². The molecule has 0 radical (unpaired) electrons. The van der Waals surface area contributed by atoms with E-state index in [1.807, 2.05) is 0 Å². The molecule has 1 aliphatic rings. The molecule has 0 spiro atoms. The van der Waals surface area contributed by atoms with Gasteiger partial charge in [0.05, 0.1) is 6.61 Å². The first kappa shape index (κ1) is 6.94. The fraction of sp³-hybridized carbons (Fsp3) is 0.571. The van der Waals surface area contributed by atoms with Crippen molar-refractivity contribution < 1.29 is 14.3 Å². The standard InChI is InChI=1S/C7H8O3/c1-3-7(2)4-5-9-6(8)10-7/h1H,4-5H2,2H3. The fourth-order valence-corrected chi connectivity index (χ4v) is 0.695. The monoisotopic (exact) mass is 140 g/mol. The van der Waals surface area contributed by atoms with E-state index in [-0.39, 0.29) is 0 Å². The van der Waals surface area contributed by atoms with Crippen molar-refractivity contribution >= 4 is 6.16 Å². The van der Waals surface area contributed by atoms with Crippen LogP contribution in [0.4, 0.5) is 4.79 Å². The minimum atomic E-state index is -0.755. The molecule has 1 aliphatic heterocycles. The summed E-state index contributed by atoms with van der Waals surface area (Å²) in [5.74, 6) is 2.39. The van der Waals surface area contributed by atoms with Crippen molar-refractivity contribution in [1.29, 1.82) is 0 Å². The average molecular weight is 140 g/mol. The maximum atomic E-state index is 10.5. The van der Waals surface area contributed by atoms with Gasteiger partial charge < -0.3 is 9.47 Å². The Morgan fingerprint density at radius 3 is 2.90 bits per heavy atom. The minimum Gasteiger partial charge on any atom is -0.434 e. The van der Waals surface area contributed by atoms with Gasteiger partial charge in [-0.05, 0) is 6.92 Å². The predicted molar refractivity (Wildman–Crippen MR) is 34.3 cm³/mol. The highest BCUT2D eigenvalue weighted by molar-refractivity contribution is 5.62. The first-order valence-electron chi connectivity index (χ1n) is 3.00. The van der Waals surface area contributed by atoms with E-state index in [0.717, 1.165) is 0 Å². The van der Waals surface area contributed by atoms with E-state index in [1.54, 1.807) is 6.92 Å². The van der Waals surface area contributed by atoms with Crippen LogP contribution in [0.2, 0.25) is 0 Å². The number of ether oxygens (including phenoxy) is 2. The van der Waals surface area contributed by atoms with Crippen LogP contribution in [-0.4, -0.2) is 18.4 Å². The highest BCUT2D eigenvalue weighted by atomic mass is 16.7. The molecule has 1 heterocycles. The second-order valence-corrected chi connectivity index (χ2v) is 2.33. The van der Waals surface area contributed by atoms with E-state index >= 15 is 0 Å². The molecule has 1 atom stereocenters. The van der Waals surface area contributed by atoms with E-state index < -0.39 is 11.8 Å². The summed E-state index contributed by atoms with van der Waals surface area (Å²) in [5.41, 5.74) is -0.755. The highest BCUT2D eigenvalue weighted by Crippen LogP contribution is 2.19. The highest BCUT2D eigenvalue weighted by Gasteiger charge is 2.31. The molecule has 0 aromatic carbocycles. The molecule has 10 heavy (non-hydrogen) atoms. The second-order valence-electron chi connectivity index (χ2n) is 2.33. The fourth-order valence-electron chi connectivity index (χ4n) is 0.695. The van der Waals surface area contributed by atoms with Crippen molar-refractivity contribution in [3.8, 4) is 12.3 Å². The molecule has 1 fully saturated rings. The Hall–Kier alpha value is -1.17. The van der Waals surface area contributed by atoms with E-state index in [9.17, 15) is 4.79 Å². The van der Waals surface area contributed by atoms with Crippen LogP contribution in [0.1, 0.15) is 13.3 Å². The molecule has 3 heteroatoms. The molecular formula is C7H8O3. The van der Waals surface area contributed by atoms with Gasteiger partial charge >= 0.3 is 6.16 Å².